The van der Waals surface area contributed by atoms with Gasteiger partial charge in [-0.05, 0) is 0 Å². The molecule has 1 aliphatic heterocycles. The second kappa shape index (κ2) is 11.7. The standard InChI is InChI=1S/C19H24N2O7/c20-17(26)8-7-15(24)4-3-13(22)1-2-14(23)5-6-16(25)11-12-21-18(27)9-10-19(21)28/h9-10H,1-8,11-12H2,(H2,20,26). The molecule has 0 saturated carbocycles. The van der Waals surface area contributed by atoms with Crippen molar-refractivity contribution in [2.45, 2.75) is 57.8 Å². The predicted molar refractivity (Wildman–Crippen MR) is 96.6 cm³/mol. The minimum atomic E-state index is -0.574. The Morgan fingerprint density at radius 1 is 0.607 bits per heavy atom. The zero-order valence-corrected chi connectivity index (χ0v) is 15.6. The molecular weight excluding hydrogens is 368 g/mol. The van der Waals surface area contributed by atoms with Crippen LogP contribution in [0.15, 0.2) is 12.2 Å². The van der Waals surface area contributed by atoms with E-state index in [0.29, 0.717) is 0 Å². The highest BCUT2D eigenvalue weighted by Crippen LogP contribution is 2.08. The molecule has 3 amide bonds. The molecule has 0 aromatic carbocycles. The minimum Gasteiger partial charge on any atom is -0.370 e. The van der Waals surface area contributed by atoms with Crippen molar-refractivity contribution >= 4 is 40.9 Å². The fourth-order valence-electron chi connectivity index (χ4n) is 2.49. The molecule has 0 spiro atoms. The molecule has 28 heavy (non-hydrogen) atoms. The third-order valence-corrected chi connectivity index (χ3v) is 4.21. The van der Waals surface area contributed by atoms with Crippen molar-refractivity contribution < 1.29 is 33.6 Å². The summed E-state index contributed by atoms with van der Waals surface area (Å²) in [6.45, 7) is -0.0139. The van der Waals surface area contributed by atoms with Crippen molar-refractivity contribution in [1.29, 1.82) is 0 Å². The van der Waals surface area contributed by atoms with Crippen LogP contribution in [0.2, 0.25) is 0 Å². The van der Waals surface area contributed by atoms with Crippen LogP contribution < -0.4 is 5.73 Å². The number of Topliss-reactive ketones (excluding diaryl/α,β-unsaturated/α-hetero) is 4. The molecule has 152 valence electrons. The van der Waals surface area contributed by atoms with E-state index in [1.54, 1.807) is 0 Å². The molecule has 0 aromatic rings. The number of amides is 3. The summed E-state index contributed by atoms with van der Waals surface area (Å²) >= 11 is 0. The topological polar surface area (TPSA) is 149 Å². The summed E-state index contributed by atoms with van der Waals surface area (Å²) in [5.41, 5.74) is 4.94. The SMILES string of the molecule is NC(=O)CCC(=O)CCC(=O)CCC(=O)CCC(=O)CCN1C(=O)C=CC1=O. The number of hydrogen-bond acceptors (Lipinski definition) is 7. The van der Waals surface area contributed by atoms with Gasteiger partial charge in [-0.25, -0.2) is 0 Å². The van der Waals surface area contributed by atoms with Gasteiger partial charge in [0.1, 0.15) is 23.1 Å². The van der Waals surface area contributed by atoms with Crippen LogP contribution in [-0.2, 0) is 33.6 Å². The molecule has 2 N–H and O–H groups in total. The highest BCUT2D eigenvalue weighted by atomic mass is 16.2. The Morgan fingerprint density at radius 3 is 1.29 bits per heavy atom. The van der Waals surface area contributed by atoms with E-state index in [0.717, 1.165) is 17.1 Å². The molecule has 0 fully saturated rings. The molecule has 9 heteroatoms. The molecule has 0 atom stereocenters. The van der Waals surface area contributed by atoms with Crippen molar-refractivity contribution in [2.24, 2.45) is 5.73 Å². The predicted octanol–water partition coefficient (Wildman–Crippen LogP) is 0.184. The molecule has 9 nitrogen and oxygen atoms in total. The number of nitrogens with two attached hydrogens (primary N) is 1. The van der Waals surface area contributed by atoms with Crippen LogP contribution in [0.25, 0.3) is 0 Å². The van der Waals surface area contributed by atoms with Gasteiger partial charge < -0.3 is 5.73 Å². The average molecular weight is 392 g/mol. The molecule has 1 rings (SSSR count). The van der Waals surface area contributed by atoms with E-state index < -0.39 is 17.7 Å². The number of nitrogens with zero attached hydrogens (tertiary/aromatic N) is 1. The van der Waals surface area contributed by atoms with E-state index in [4.69, 9.17) is 5.73 Å². The molecular formula is C19H24N2O7. The Morgan fingerprint density at radius 2 is 0.929 bits per heavy atom. The lowest BCUT2D eigenvalue weighted by Crippen LogP contribution is -2.32. The minimum absolute atomic E-state index is 0.00141. The highest BCUT2D eigenvalue weighted by Gasteiger charge is 2.23. The van der Waals surface area contributed by atoms with Gasteiger partial charge in [-0.15, -0.1) is 0 Å². The van der Waals surface area contributed by atoms with Gasteiger partial charge in [-0.2, -0.15) is 0 Å². The zero-order valence-electron chi connectivity index (χ0n) is 15.6. The monoisotopic (exact) mass is 392 g/mol. The average Bonchev–Trinajstić information content (AvgIpc) is 2.97. The van der Waals surface area contributed by atoms with Crippen molar-refractivity contribution in [1.82, 2.24) is 4.90 Å². The maximum Gasteiger partial charge on any atom is 0.253 e. The van der Waals surface area contributed by atoms with E-state index in [1.807, 2.05) is 0 Å². The summed E-state index contributed by atoms with van der Waals surface area (Å²) < 4.78 is 0. The summed E-state index contributed by atoms with van der Waals surface area (Å²) in [4.78, 5) is 81.0. The molecule has 1 heterocycles. The van der Waals surface area contributed by atoms with Crippen LogP contribution in [0.1, 0.15) is 57.8 Å². The second-order valence-corrected chi connectivity index (χ2v) is 6.53. The Labute approximate surface area is 162 Å². The lowest BCUT2D eigenvalue weighted by molar-refractivity contribution is -0.137. The largest absolute Gasteiger partial charge is 0.370 e. The first kappa shape index (κ1) is 23.1. The molecule has 0 aromatic heterocycles. The van der Waals surface area contributed by atoms with E-state index >= 15 is 0 Å². The number of hydrogen-bond donors (Lipinski definition) is 1. The van der Waals surface area contributed by atoms with Gasteiger partial charge in [-0.1, -0.05) is 0 Å². The normalized spacial score (nSPS) is 13.1. The van der Waals surface area contributed by atoms with Crippen LogP contribution in [0, 0.1) is 0 Å². The van der Waals surface area contributed by atoms with Crippen molar-refractivity contribution in [2.75, 3.05) is 6.54 Å². The second-order valence-electron chi connectivity index (χ2n) is 6.53. The van der Waals surface area contributed by atoms with Crippen molar-refractivity contribution in [3.63, 3.8) is 0 Å². The zero-order chi connectivity index (χ0) is 21.1. The highest BCUT2D eigenvalue weighted by molar-refractivity contribution is 6.13. The van der Waals surface area contributed by atoms with Gasteiger partial charge >= 0.3 is 0 Å². The lowest BCUT2D eigenvalue weighted by atomic mass is 10.0. The van der Waals surface area contributed by atoms with Crippen molar-refractivity contribution in [3.05, 3.63) is 12.2 Å². The smallest absolute Gasteiger partial charge is 0.253 e. The third kappa shape index (κ3) is 9.11. The van der Waals surface area contributed by atoms with Gasteiger partial charge in [-0.3, -0.25) is 38.5 Å². The number of ketones is 4. The summed E-state index contributed by atoms with van der Waals surface area (Å²) in [6, 6.07) is 0. The summed E-state index contributed by atoms with van der Waals surface area (Å²) in [6.07, 6.45) is 2.22. The van der Waals surface area contributed by atoms with E-state index in [1.165, 1.54) is 0 Å². The quantitative estimate of drug-likeness (QED) is 0.391. The van der Waals surface area contributed by atoms with Crippen LogP contribution >= 0.6 is 0 Å². The molecule has 0 bridgehead atoms. The summed E-state index contributed by atoms with van der Waals surface area (Å²) in [7, 11) is 0. The van der Waals surface area contributed by atoms with Gasteiger partial charge in [0.15, 0.2) is 0 Å². The first-order valence-electron chi connectivity index (χ1n) is 9.07. The van der Waals surface area contributed by atoms with Crippen LogP contribution in [0.3, 0.4) is 0 Å². The lowest BCUT2D eigenvalue weighted by Gasteiger charge is -2.12. The number of rotatable bonds is 15. The van der Waals surface area contributed by atoms with Crippen LogP contribution in [-0.4, -0.2) is 52.3 Å². The Hall–Kier alpha value is -2.97. The Bertz CT molecular complexity index is 691. The van der Waals surface area contributed by atoms with Gasteiger partial charge in [0.25, 0.3) is 11.8 Å². The number of carbonyl (C=O) groups excluding carboxylic acids is 7. The van der Waals surface area contributed by atoms with Gasteiger partial charge in [0.2, 0.25) is 5.91 Å². The molecule has 0 radical (unpaired) electrons. The maximum atomic E-state index is 11.8. The molecule has 0 aliphatic carbocycles. The fourth-order valence-corrected chi connectivity index (χ4v) is 2.49. The molecule has 0 saturated heterocycles. The summed E-state index contributed by atoms with van der Waals surface area (Å²) in [5.74, 6) is -2.43. The third-order valence-electron chi connectivity index (χ3n) is 4.21. The van der Waals surface area contributed by atoms with E-state index in [-0.39, 0.29) is 87.5 Å². The van der Waals surface area contributed by atoms with E-state index in [9.17, 15) is 33.6 Å². The fraction of sp³-hybridized carbons (Fsp3) is 0.526. The first-order chi connectivity index (χ1) is 13.2. The summed E-state index contributed by atoms with van der Waals surface area (Å²) in [5, 5.41) is 0. The van der Waals surface area contributed by atoms with Crippen molar-refractivity contribution in [3.8, 4) is 0 Å². The number of carbonyl (C=O) groups is 7. The first-order valence-corrected chi connectivity index (χ1v) is 9.07. The number of primary amides is 1. The Kier molecular flexibility index (Phi) is 9.63. The molecule has 1 aliphatic rings. The number of imide groups is 1. The van der Waals surface area contributed by atoms with Gasteiger partial charge in [0.05, 0.1) is 0 Å². The maximum absolute atomic E-state index is 11.8. The van der Waals surface area contributed by atoms with Gasteiger partial charge in [0, 0.05) is 76.5 Å². The van der Waals surface area contributed by atoms with Crippen LogP contribution in [0.4, 0.5) is 0 Å². The molecule has 0 unspecified atom stereocenters. The Balaban J connectivity index is 2.13. The van der Waals surface area contributed by atoms with Crippen LogP contribution in [0.5, 0.6) is 0 Å². The van der Waals surface area contributed by atoms with E-state index in [2.05, 4.69) is 0 Å².